The Kier molecular flexibility index (Phi) is 3.43. The van der Waals surface area contributed by atoms with Crippen LogP contribution in [0.1, 0.15) is 5.82 Å². The van der Waals surface area contributed by atoms with E-state index in [1.165, 1.54) is 0 Å². The van der Waals surface area contributed by atoms with Crippen LogP contribution in [0.5, 0.6) is 11.6 Å². The molecule has 4 heterocycles. The first kappa shape index (κ1) is 15.0. The third-order valence-electron chi connectivity index (χ3n) is 4.27. The Morgan fingerprint density at radius 3 is 2.77 bits per heavy atom. The van der Waals surface area contributed by atoms with Crippen LogP contribution in [-0.2, 0) is 0 Å². The number of aromatic nitrogens is 4. The number of aryl methyl sites for hydroxylation is 1. The van der Waals surface area contributed by atoms with Gasteiger partial charge in [0.15, 0.2) is 0 Å². The van der Waals surface area contributed by atoms with Gasteiger partial charge in [-0.3, -0.25) is 9.55 Å². The number of fused-ring (bicyclic) bond motifs is 2. The lowest BCUT2D eigenvalue weighted by molar-refractivity contribution is 0.470. The van der Waals surface area contributed by atoms with Crippen LogP contribution in [0.2, 0.25) is 0 Å². The van der Waals surface area contributed by atoms with Crippen LogP contribution in [-0.4, -0.2) is 19.5 Å². The van der Waals surface area contributed by atoms with E-state index >= 15 is 0 Å². The van der Waals surface area contributed by atoms with E-state index in [2.05, 4.69) is 25.6 Å². The average Bonchev–Trinajstić information content (AvgIpc) is 3.26. The molecule has 1 aromatic carbocycles. The molecule has 0 N–H and O–H groups in total. The highest BCUT2D eigenvalue weighted by molar-refractivity contribution is 7.17. The minimum atomic E-state index is 0.639. The van der Waals surface area contributed by atoms with Crippen LogP contribution in [0.25, 0.3) is 26.8 Å². The predicted molar refractivity (Wildman–Crippen MR) is 103 cm³/mol. The summed E-state index contributed by atoms with van der Waals surface area (Å²) in [5.74, 6) is 2.32. The number of imidazole rings is 1. The van der Waals surface area contributed by atoms with Crippen molar-refractivity contribution in [2.75, 3.05) is 0 Å². The fraction of sp³-hybridized carbons (Fsp3) is 0.0500. The summed E-state index contributed by atoms with van der Waals surface area (Å²) >= 11 is 1.63. The maximum Gasteiger partial charge on any atom is 0.237 e. The molecule has 5 aromatic rings. The Labute approximate surface area is 153 Å². The van der Waals surface area contributed by atoms with Gasteiger partial charge in [-0.2, -0.15) is 0 Å². The van der Waals surface area contributed by atoms with Crippen LogP contribution in [0.4, 0.5) is 0 Å². The molecular weight excluding hydrogens is 344 g/mol. The van der Waals surface area contributed by atoms with Crippen molar-refractivity contribution in [3.63, 3.8) is 0 Å². The average molecular weight is 358 g/mol. The molecule has 0 amide bonds. The predicted octanol–water partition coefficient (Wildman–Crippen LogP) is 5.13. The van der Waals surface area contributed by atoms with Crippen molar-refractivity contribution < 1.29 is 4.74 Å². The molecule has 0 saturated heterocycles. The summed E-state index contributed by atoms with van der Waals surface area (Å²) in [5, 5.41) is 3.19. The molecule has 4 aromatic heterocycles. The summed E-state index contributed by atoms with van der Waals surface area (Å²) in [6, 6.07) is 14.0. The maximum atomic E-state index is 6.00. The molecule has 0 aliphatic heterocycles. The number of hydrogen-bond donors (Lipinski definition) is 0. The van der Waals surface area contributed by atoms with Crippen molar-refractivity contribution in [1.29, 1.82) is 0 Å². The Bertz CT molecular complexity index is 1220. The van der Waals surface area contributed by atoms with Gasteiger partial charge in [0.1, 0.15) is 17.1 Å². The number of thiophene rings is 1. The summed E-state index contributed by atoms with van der Waals surface area (Å²) in [6.07, 6.45) is 5.34. The normalized spacial score (nSPS) is 11.3. The van der Waals surface area contributed by atoms with Crippen molar-refractivity contribution in [2.45, 2.75) is 6.92 Å². The molecule has 0 atom stereocenters. The minimum absolute atomic E-state index is 0.639. The highest BCUT2D eigenvalue weighted by Crippen LogP contribution is 2.32. The van der Waals surface area contributed by atoms with E-state index in [0.29, 0.717) is 5.88 Å². The van der Waals surface area contributed by atoms with Gasteiger partial charge in [0, 0.05) is 18.1 Å². The van der Waals surface area contributed by atoms with E-state index in [1.54, 1.807) is 29.9 Å². The van der Waals surface area contributed by atoms with Gasteiger partial charge in [0.2, 0.25) is 5.88 Å². The lowest BCUT2D eigenvalue weighted by Crippen LogP contribution is -1.97. The molecule has 0 spiro atoms. The van der Waals surface area contributed by atoms with Gasteiger partial charge in [-0.25, -0.2) is 9.97 Å². The third-order valence-corrected chi connectivity index (χ3v) is 5.19. The van der Waals surface area contributed by atoms with Crippen molar-refractivity contribution in [1.82, 2.24) is 19.5 Å². The SMILES string of the molecule is Cc1nc2cnccc2n1-c1ccc(Oc2nccc3ccsc23)cc1. The second-order valence-electron chi connectivity index (χ2n) is 5.91. The minimum Gasteiger partial charge on any atom is -0.438 e. The molecule has 126 valence electrons. The third kappa shape index (κ3) is 2.43. The fourth-order valence-electron chi connectivity index (χ4n) is 3.09. The van der Waals surface area contributed by atoms with Gasteiger partial charge in [0.05, 0.1) is 16.4 Å². The van der Waals surface area contributed by atoms with Gasteiger partial charge < -0.3 is 4.74 Å². The van der Waals surface area contributed by atoms with Crippen molar-refractivity contribution in [2.24, 2.45) is 0 Å². The van der Waals surface area contributed by atoms with E-state index in [1.807, 2.05) is 48.7 Å². The lowest BCUT2D eigenvalue weighted by Gasteiger charge is -2.09. The molecule has 0 fully saturated rings. The summed E-state index contributed by atoms with van der Waals surface area (Å²) in [6.45, 7) is 1.99. The Balaban J connectivity index is 1.51. The monoisotopic (exact) mass is 358 g/mol. The number of ether oxygens (including phenoxy) is 1. The Morgan fingerprint density at radius 2 is 1.88 bits per heavy atom. The zero-order valence-corrected chi connectivity index (χ0v) is 14.8. The molecular formula is C20H14N4OS. The van der Waals surface area contributed by atoms with Crippen molar-refractivity contribution in [3.8, 4) is 17.3 Å². The van der Waals surface area contributed by atoms with E-state index < -0.39 is 0 Å². The summed E-state index contributed by atoms with van der Waals surface area (Å²) in [5.41, 5.74) is 2.96. The van der Waals surface area contributed by atoms with Crippen LogP contribution in [0, 0.1) is 6.92 Å². The Morgan fingerprint density at radius 1 is 1.00 bits per heavy atom. The van der Waals surface area contributed by atoms with Crippen molar-refractivity contribution >= 4 is 32.5 Å². The number of nitrogens with zero attached hydrogens (tertiary/aromatic N) is 4. The first-order chi connectivity index (χ1) is 12.8. The summed E-state index contributed by atoms with van der Waals surface area (Å²) < 4.78 is 9.17. The van der Waals surface area contributed by atoms with Crippen LogP contribution >= 0.6 is 11.3 Å². The first-order valence-corrected chi connectivity index (χ1v) is 9.07. The van der Waals surface area contributed by atoms with E-state index in [-0.39, 0.29) is 0 Å². The second kappa shape index (κ2) is 5.93. The highest BCUT2D eigenvalue weighted by Gasteiger charge is 2.10. The summed E-state index contributed by atoms with van der Waals surface area (Å²) in [7, 11) is 0. The molecule has 0 aliphatic carbocycles. The first-order valence-electron chi connectivity index (χ1n) is 8.19. The number of benzene rings is 1. The van der Waals surface area contributed by atoms with Crippen LogP contribution in [0.15, 0.2) is 66.4 Å². The molecule has 0 unspecified atom stereocenters. The van der Waals surface area contributed by atoms with Crippen molar-refractivity contribution in [3.05, 3.63) is 72.3 Å². The standard InChI is InChI=1S/C20H14N4OS/c1-13-23-17-12-21-9-7-18(17)24(13)15-2-4-16(5-3-15)25-20-19-14(6-10-22-20)8-11-26-19/h2-12H,1H3. The van der Waals surface area contributed by atoms with Gasteiger partial charge in [0.25, 0.3) is 0 Å². The van der Waals surface area contributed by atoms with Gasteiger partial charge in [-0.05, 0) is 60.2 Å². The van der Waals surface area contributed by atoms with Gasteiger partial charge in [-0.15, -0.1) is 11.3 Å². The molecule has 0 bridgehead atoms. The largest absolute Gasteiger partial charge is 0.438 e. The molecule has 0 radical (unpaired) electrons. The second-order valence-corrected chi connectivity index (χ2v) is 6.83. The van der Waals surface area contributed by atoms with Gasteiger partial charge in [-0.1, -0.05) is 0 Å². The Hall–Kier alpha value is -3.25. The topological polar surface area (TPSA) is 52.8 Å². The number of rotatable bonds is 3. The lowest BCUT2D eigenvalue weighted by atomic mass is 10.3. The highest BCUT2D eigenvalue weighted by atomic mass is 32.1. The number of hydrogen-bond acceptors (Lipinski definition) is 5. The summed E-state index contributed by atoms with van der Waals surface area (Å²) in [4.78, 5) is 13.1. The molecule has 0 saturated carbocycles. The van der Waals surface area contributed by atoms with E-state index in [0.717, 1.165) is 38.4 Å². The van der Waals surface area contributed by atoms with Crippen LogP contribution in [0.3, 0.4) is 0 Å². The van der Waals surface area contributed by atoms with E-state index in [9.17, 15) is 0 Å². The van der Waals surface area contributed by atoms with E-state index in [4.69, 9.17) is 4.74 Å². The molecule has 5 rings (SSSR count). The van der Waals surface area contributed by atoms with Gasteiger partial charge >= 0.3 is 0 Å². The molecule has 26 heavy (non-hydrogen) atoms. The number of pyridine rings is 2. The molecule has 0 aliphatic rings. The quantitative estimate of drug-likeness (QED) is 0.448. The molecule has 6 heteroatoms. The smallest absolute Gasteiger partial charge is 0.237 e. The maximum absolute atomic E-state index is 6.00. The van der Waals surface area contributed by atoms with Crippen LogP contribution < -0.4 is 4.74 Å². The zero-order chi connectivity index (χ0) is 17.5. The molecule has 5 nitrogen and oxygen atoms in total. The fourth-order valence-corrected chi connectivity index (χ4v) is 3.91. The zero-order valence-electron chi connectivity index (χ0n) is 14.0.